The van der Waals surface area contributed by atoms with Crippen LogP contribution in [0.1, 0.15) is 23.3 Å². The van der Waals surface area contributed by atoms with E-state index in [4.69, 9.17) is 25.8 Å². The molecule has 1 aromatic carbocycles. The van der Waals surface area contributed by atoms with Gasteiger partial charge < -0.3 is 31.9 Å². The Balaban J connectivity index is 0.00000225. The van der Waals surface area contributed by atoms with Crippen molar-refractivity contribution in [3.8, 4) is 11.5 Å². The molecule has 4 nitrogen and oxygen atoms in total. The molecule has 25 heavy (non-hydrogen) atoms. The minimum absolute atomic E-state index is 0. The van der Waals surface area contributed by atoms with Crippen molar-refractivity contribution in [2.24, 2.45) is 0 Å². The highest BCUT2D eigenvalue weighted by Gasteiger charge is 2.16. The maximum absolute atomic E-state index is 6.41. The van der Waals surface area contributed by atoms with Crippen molar-refractivity contribution in [2.75, 3.05) is 20.3 Å². The Morgan fingerprint density at radius 2 is 2.28 bits per heavy atom. The van der Waals surface area contributed by atoms with Gasteiger partial charge in [0.25, 0.3) is 0 Å². The summed E-state index contributed by atoms with van der Waals surface area (Å²) in [6, 6.07) is 7.94. The normalized spacial score (nSPS) is 16.5. The minimum atomic E-state index is 0. The summed E-state index contributed by atoms with van der Waals surface area (Å²) in [4.78, 5) is 1.15. The first-order valence-electron chi connectivity index (χ1n) is 8.10. The first-order valence-corrected chi connectivity index (χ1v) is 9.36. The molecule has 2 heterocycles. The monoisotopic (exact) mass is 402 g/mol. The molecule has 0 radical (unpaired) electrons. The van der Waals surface area contributed by atoms with Gasteiger partial charge in [0, 0.05) is 24.6 Å². The van der Waals surface area contributed by atoms with Crippen molar-refractivity contribution >= 4 is 22.9 Å². The van der Waals surface area contributed by atoms with E-state index in [1.165, 1.54) is 0 Å². The van der Waals surface area contributed by atoms with Gasteiger partial charge in [-0.15, -0.1) is 11.3 Å². The van der Waals surface area contributed by atoms with E-state index < -0.39 is 0 Å². The van der Waals surface area contributed by atoms with Crippen LogP contribution >= 0.6 is 22.9 Å². The van der Waals surface area contributed by atoms with E-state index in [0.29, 0.717) is 29.2 Å². The number of thiophene rings is 1. The molecule has 1 atom stereocenters. The largest absolute Gasteiger partial charge is 1.00 e. The zero-order valence-electron chi connectivity index (χ0n) is 14.1. The summed E-state index contributed by atoms with van der Waals surface area (Å²) in [6.45, 7) is 2.95. The van der Waals surface area contributed by atoms with E-state index in [-0.39, 0.29) is 12.4 Å². The number of ether oxygens (including phenoxy) is 3. The summed E-state index contributed by atoms with van der Waals surface area (Å²) in [6.07, 6.45) is 2.62. The van der Waals surface area contributed by atoms with Crippen LogP contribution in [0.2, 0.25) is 5.02 Å². The molecule has 1 saturated heterocycles. The molecule has 1 aliphatic rings. The number of hydrogen-bond acceptors (Lipinski definition) is 5. The SMILES string of the molecule is COc1cc(CNCC2CCCO2)cc(Cl)c1OCc1cccs1.[Cl-]. The maximum Gasteiger partial charge on any atom is 0.180 e. The summed E-state index contributed by atoms with van der Waals surface area (Å²) in [7, 11) is 1.63. The molecule has 0 saturated carbocycles. The third kappa shape index (κ3) is 5.76. The van der Waals surface area contributed by atoms with Crippen molar-refractivity contribution in [1.29, 1.82) is 0 Å². The summed E-state index contributed by atoms with van der Waals surface area (Å²) in [5.74, 6) is 1.25. The van der Waals surface area contributed by atoms with Gasteiger partial charge >= 0.3 is 0 Å². The van der Waals surface area contributed by atoms with Crippen molar-refractivity contribution in [3.63, 3.8) is 0 Å². The van der Waals surface area contributed by atoms with Gasteiger partial charge in [-0.25, -0.2) is 0 Å². The first kappa shape index (κ1) is 20.3. The molecule has 2 aromatic rings. The second kappa shape index (κ2) is 10.2. The first-order chi connectivity index (χ1) is 11.8. The van der Waals surface area contributed by atoms with Crippen LogP contribution < -0.4 is 27.2 Å². The molecule has 138 valence electrons. The Kier molecular flexibility index (Phi) is 8.33. The lowest BCUT2D eigenvalue weighted by Crippen LogP contribution is -3.00. The van der Waals surface area contributed by atoms with Gasteiger partial charge in [-0.2, -0.15) is 0 Å². The molecule has 0 bridgehead atoms. The quantitative estimate of drug-likeness (QED) is 0.721. The third-order valence-electron chi connectivity index (χ3n) is 3.95. The number of methoxy groups -OCH3 is 1. The van der Waals surface area contributed by atoms with Crippen molar-refractivity contribution in [3.05, 3.63) is 45.1 Å². The van der Waals surface area contributed by atoms with E-state index in [1.807, 2.05) is 29.6 Å². The second-order valence-electron chi connectivity index (χ2n) is 5.74. The second-order valence-corrected chi connectivity index (χ2v) is 7.18. The third-order valence-corrected chi connectivity index (χ3v) is 5.08. The fraction of sp³-hybridized carbons (Fsp3) is 0.444. The average Bonchev–Trinajstić information content (AvgIpc) is 3.27. The Labute approximate surface area is 163 Å². The number of hydrogen-bond donors (Lipinski definition) is 1. The molecule has 1 aliphatic heterocycles. The molecule has 0 amide bonds. The summed E-state index contributed by atoms with van der Waals surface area (Å²) >= 11 is 8.06. The molecular weight excluding hydrogens is 381 g/mol. The summed E-state index contributed by atoms with van der Waals surface area (Å²) in [5.41, 5.74) is 1.07. The Morgan fingerprint density at radius 3 is 2.96 bits per heavy atom. The smallest absolute Gasteiger partial charge is 0.180 e. The van der Waals surface area contributed by atoms with Gasteiger partial charge in [-0.05, 0) is 42.0 Å². The van der Waals surface area contributed by atoms with Gasteiger partial charge in [0.1, 0.15) is 6.61 Å². The van der Waals surface area contributed by atoms with Gasteiger partial charge in [0.2, 0.25) is 0 Å². The highest BCUT2D eigenvalue weighted by Crippen LogP contribution is 2.37. The number of nitrogens with one attached hydrogen (secondary N) is 1. The average molecular weight is 403 g/mol. The lowest BCUT2D eigenvalue weighted by atomic mass is 10.2. The Morgan fingerprint density at radius 1 is 1.40 bits per heavy atom. The van der Waals surface area contributed by atoms with Crippen LogP contribution in [0.4, 0.5) is 0 Å². The highest BCUT2D eigenvalue weighted by atomic mass is 35.5. The Bertz CT molecular complexity index is 646. The molecule has 3 rings (SSSR count). The van der Waals surface area contributed by atoms with Gasteiger partial charge in [0.05, 0.1) is 18.2 Å². The fourth-order valence-corrected chi connectivity index (χ4v) is 3.64. The van der Waals surface area contributed by atoms with Crippen molar-refractivity contribution in [1.82, 2.24) is 5.32 Å². The fourth-order valence-electron chi connectivity index (χ4n) is 2.74. The zero-order chi connectivity index (χ0) is 16.8. The van der Waals surface area contributed by atoms with E-state index in [0.717, 1.165) is 43.0 Å². The molecule has 1 aromatic heterocycles. The molecular formula is C18H22Cl2NO3S-. The van der Waals surface area contributed by atoms with Gasteiger partial charge in [0.15, 0.2) is 11.5 Å². The van der Waals surface area contributed by atoms with E-state index >= 15 is 0 Å². The van der Waals surface area contributed by atoms with Crippen LogP contribution in [0.25, 0.3) is 0 Å². The predicted octanol–water partition coefficient (Wildman–Crippen LogP) is 1.26. The molecule has 1 fully saturated rings. The lowest BCUT2D eigenvalue weighted by Gasteiger charge is -2.15. The standard InChI is InChI=1S/C18H22ClNO3S.ClH/c1-21-17-9-13(10-20-11-14-4-2-6-22-14)8-16(19)18(17)23-12-15-5-3-7-24-15;/h3,5,7-9,14,20H,2,4,6,10-12H2,1H3;1H/p-1. The van der Waals surface area contributed by atoms with E-state index in [2.05, 4.69) is 5.32 Å². The Hall–Kier alpha value is -0.980. The van der Waals surface area contributed by atoms with Gasteiger partial charge in [-0.1, -0.05) is 17.7 Å². The maximum atomic E-state index is 6.41. The van der Waals surface area contributed by atoms with Gasteiger partial charge in [-0.3, -0.25) is 0 Å². The van der Waals surface area contributed by atoms with Crippen molar-refractivity contribution < 1.29 is 26.6 Å². The number of rotatable bonds is 8. The molecule has 7 heteroatoms. The van der Waals surface area contributed by atoms with Crippen LogP contribution in [0.3, 0.4) is 0 Å². The van der Waals surface area contributed by atoms with Crippen LogP contribution in [0, 0.1) is 0 Å². The summed E-state index contributed by atoms with van der Waals surface area (Å²) < 4.78 is 16.9. The number of halogens is 2. The molecule has 1 unspecified atom stereocenters. The van der Waals surface area contributed by atoms with Crippen molar-refractivity contribution in [2.45, 2.75) is 32.1 Å². The molecule has 0 spiro atoms. The molecule has 0 aliphatic carbocycles. The highest BCUT2D eigenvalue weighted by molar-refractivity contribution is 7.09. The van der Waals surface area contributed by atoms with Crippen LogP contribution in [0.15, 0.2) is 29.6 Å². The summed E-state index contributed by atoms with van der Waals surface area (Å²) in [5, 5.41) is 6.02. The number of benzene rings is 1. The lowest BCUT2D eigenvalue weighted by molar-refractivity contribution is -0.00000660. The topological polar surface area (TPSA) is 39.7 Å². The minimum Gasteiger partial charge on any atom is -1.00 e. The van der Waals surface area contributed by atoms with Crippen LogP contribution in [0.5, 0.6) is 11.5 Å². The predicted molar refractivity (Wildman–Crippen MR) is 97.3 cm³/mol. The van der Waals surface area contributed by atoms with Crippen LogP contribution in [-0.4, -0.2) is 26.4 Å². The van der Waals surface area contributed by atoms with E-state index in [1.54, 1.807) is 18.4 Å². The zero-order valence-corrected chi connectivity index (χ0v) is 16.4. The molecule has 1 N–H and O–H groups in total. The van der Waals surface area contributed by atoms with E-state index in [9.17, 15) is 0 Å². The van der Waals surface area contributed by atoms with Crippen LogP contribution in [-0.2, 0) is 17.9 Å².